The van der Waals surface area contributed by atoms with Crippen molar-refractivity contribution < 1.29 is 0 Å². The molecule has 0 amide bonds. The van der Waals surface area contributed by atoms with E-state index in [9.17, 15) is 0 Å². The second kappa shape index (κ2) is 5.62. The normalized spacial score (nSPS) is 12.9. The van der Waals surface area contributed by atoms with Crippen LogP contribution in [0.25, 0.3) is 0 Å². The highest BCUT2D eigenvalue weighted by Gasteiger charge is 2.11. The lowest BCUT2D eigenvalue weighted by atomic mass is 10.00. The van der Waals surface area contributed by atoms with Crippen molar-refractivity contribution in [2.24, 2.45) is 11.7 Å². The van der Waals surface area contributed by atoms with Crippen LogP contribution in [0.3, 0.4) is 0 Å². The Morgan fingerprint density at radius 1 is 1.11 bits per heavy atom. The van der Waals surface area contributed by atoms with E-state index >= 15 is 0 Å². The molecule has 2 aromatic rings. The SMILES string of the molecule is Cc1ccc(Cn2ccc(C(N)C(C)C)c2)cc1C. The van der Waals surface area contributed by atoms with Gasteiger partial charge in [0.25, 0.3) is 0 Å². The zero-order chi connectivity index (χ0) is 14.0. The maximum Gasteiger partial charge on any atom is 0.0470 e. The molecule has 19 heavy (non-hydrogen) atoms. The molecule has 2 rings (SSSR count). The smallest absolute Gasteiger partial charge is 0.0470 e. The van der Waals surface area contributed by atoms with Gasteiger partial charge in [0.2, 0.25) is 0 Å². The first kappa shape index (κ1) is 13.9. The summed E-state index contributed by atoms with van der Waals surface area (Å²) >= 11 is 0. The summed E-state index contributed by atoms with van der Waals surface area (Å²) in [6.07, 6.45) is 4.28. The van der Waals surface area contributed by atoms with Crippen LogP contribution in [0.5, 0.6) is 0 Å². The summed E-state index contributed by atoms with van der Waals surface area (Å²) in [6, 6.07) is 8.91. The third kappa shape index (κ3) is 3.27. The molecule has 2 nitrogen and oxygen atoms in total. The molecule has 0 radical (unpaired) electrons. The second-order valence-corrected chi connectivity index (χ2v) is 5.81. The Kier molecular flexibility index (Phi) is 4.11. The monoisotopic (exact) mass is 256 g/mol. The van der Waals surface area contributed by atoms with Crippen molar-refractivity contribution in [2.75, 3.05) is 0 Å². The van der Waals surface area contributed by atoms with Crippen LogP contribution < -0.4 is 5.73 Å². The second-order valence-electron chi connectivity index (χ2n) is 5.81. The van der Waals surface area contributed by atoms with Crippen LogP contribution in [0.4, 0.5) is 0 Å². The van der Waals surface area contributed by atoms with Crippen molar-refractivity contribution in [3.63, 3.8) is 0 Å². The van der Waals surface area contributed by atoms with E-state index in [0.717, 1.165) is 6.54 Å². The molecule has 0 fully saturated rings. The molecule has 1 heterocycles. The summed E-state index contributed by atoms with van der Waals surface area (Å²) in [5.74, 6) is 0.470. The summed E-state index contributed by atoms with van der Waals surface area (Å²) in [6.45, 7) is 9.53. The lowest BCUT2D eigenvalue weighted by Gasteiger charge is -2.13. The Morgan fingerprint density at radius 2 is 1.84 bits per heavy atom. The number of hydrogen-bond donors (Lipinski definition) is 1. The maximum atomic E-state index is 6.18. The van der Waals surface area contributed by atoms with Crippen LogP contribution in [0.2, 0.25) is 0 Å². The van der Waals surface area contributed by atoms with Crippen LogP contribution in [0, 0.1) is 19.8 Å². The van der Waals surface area contributed by atoms with Gasteiger partial charge >= 0.3 is 0 Å². The van der Waals surface area contributed by atoms with Gasteiger partial charge in [0, 0.05) is 25.0 Å². The van der Waals surface area contributed by atoms with E-state index in [0.29, 0.717) is 5.92 Å². The predicted molar refractivity (Wildman–Crippen MR) is 81.2 cm³/mol. The maximum absolute atomic E-state index is 6.18. The van der Waals surface area contributed by atoms with E-state index in [-0.39, 0.29) is 6.04 Å². The van der Waals surface area contributed by atoms with E-state index in [1.165, 1.54) is 22.3 Å². The van der Waals surface area contributed by atoms with Gasteiger partial charge in [-0.25, -0.2) is 0 Å². The van der Waals surface area contributed by atoms with E-state index in [2.05, 4.69) is 68.9 Å². The van der Waals surface area contributed by atoms with Gasteiger partial charge in [-0.3, -0.25) is 0 Å². The molecular weight excluding hydrogens is 232 g/mol. The van der Waals surface area contributed by atoms with E-state index in [1.54, 1.807) is 0 Å². The minimum atomic E-state index is 0.126. The zero-order valence-corrected chi connectivity index (χ0v) is 12.4. The minimum Gasteiger partial charge on any atom is -0.350 e. The largest absolute Gasteiger partial charge is 0.350 e. The van der Waals surface area contributed by atoms with Crippen molar-refractivity contribution in [3.8, 4) is 0 Å². The molecule has 1 aromatic carbocycles. The van der Waals surface area contributed by atoms with E-state index < -0.39 is 0 Å². The summed E-state index contributed by atoms with van der Waals surface area (Å²) in [5.41, 5.74) is 11.4. The highest BCUT2D eigenvalue weighted by molar-refractivity contribution is 5.30. The number of nitrogens with zero attached hydrogens (tertiary/aromatic N) is 1. The number of aryl methyl sites for hydroxylation is 2. The van der Waals surface area contributed by atoms with Crippen molar-refractivity contribution in [2.45, 2.75) is 40.3 Å². The Hall–Kier alpha value is -1.54. The van der Waals surface area contributed by atoms with Crippen molar-refractivity contribution in [1.29, 1.82) is 0 Å². The summed E-state index contributed by atoms with van der Waals surface area (Å²) < 4.78 is 2.21. The van der Waals surface area contributed by atoms with Gasteiger partial charge < -0.3 is 10.3 Å². The molecule has 102 valence electrons. The molecule has 0 aliphatic heterocycles. The Labute approximate surface area is 116 Å². The van der Waals surface area contributed by atoms with Gasteiger partial charge in [-0.1, -0.05) is 32.0 Å². The molecule has 0 bridgehead atoms. The number of rotatable bonds is 4. The molecule has 0 saturated carbocycles. The van der Waals surface area contributed by atoms with Gasteiger partial charge in [0.05, 0.1) is 0 Å². The van der Waals surface area contributed by atoms with Crippen molar-refractivity contribution in [1.82, 2.24) is 4.57 Å². The fourth-order valence-corrected chi connectivity index (χ4v) is 2.25. The first-order chi connectivity index (χ1) is 8.97. The summed E-state index contributed by atoms with van der Waals surface area (Å²) in [5, 5.41) is 0. The Balaban J connectivity index is 2.13. The van der Waals surface area contributed by atoms with Crippen LogP contribution in [0.1, 0.15) is 42.1 Å². The first-order valence-corrected chi connectivity index (χ1v) is 6.94. The Morgan fingerprint density at radius 3 is 2.47 bits per heavy atom. The molecule has 1 atom stereocenters. The molecule has 0 spiro atoms. The van der Waals surface area contributed by atoms with Crippen molar-refractivity contribution in [3.05, 3.63) is 58.9 Å². The van der Waals surface area contributed by atoms with Gasteiger partial charge in [-0.15, -0.1) is 0 Å². The summed E-state index contributed by atoms with van der Waals surface area (Å²) in [7, 11) is 0. The zero-order valence-electron chi connectivity index (χ0n) is 12.4. The lowest BCUT2D eigenvalue weighted by Crippen LogP contribution is -2.15. The van der Waals surface area contributed by atoms with Crippen LogP contribution in [-0.4, -0.2) is 4.57 Å². The van der Waals surface area contributed by atoms with Gasteiger partial charge in [0.15, 0.2) is 0 Å². The molecule has 0 aliphatic carbocycles. The third-order valence-corrected chi connectivity index (χ3v) is 3.81. The molecule has 2 N–H and O–H groups in total. The van der Waals surface area contributed by atoms with Crippen LogP contribution >= 0.6 is 0 Å². The number of benzene rings is 1. The molecule has 0 aliphatic rings. The van der Waals surface area contributed by atoms with Crippen LogP contribution in [-0.2, 0) is 6.54 Å². The van der Waals surface area contributed by atoms with Gasteiger partial charge in [0.1, 0.15) is 0 Å². The third-order valence-electron chi connectivity index (χ3n) is 3.81. The van der Waals surface area contributed by atoms with Crippen LogP contribution in [0.15, 0.2) is 36.7 Å². The fraction of sp³-hybridized carbons (Fsp3) is 0.412. The standard InChI is InChI=1S/C17H24N2/c1-12(2)17(18)16-7-8-19(11-16)10-15-6-5-13(3)14(4)9-15/h5-9,11-12,17H,10,18H2,1-4H3. The molecule has 0 saturated heterocycles. The number of nitrogens with two attached hydrogens (primary N) is 1. The quantitative estimate of drug-likeness (QED) is 0.886. The number of hydrogen-bond acceptors (Lipinski definition) is 1. The average Bonchev–Trinajstić information content (AvgIpc) is 2.81. The minimum absolute atomic E-state index is 0.126. The topological polar surface area (TPSA) is 30.9 Å². The summed E-state index contributed by atoms with van der Waals surface area (Å²) in [4.78, 5) is 0. The highest BCUT2D eigenvalue weighted by atomic mass is 14.9. The molecule has 1 aromatic heterocycles. The number of aromatic nitrogens is 1. The molecular formula is C17H24N2. The highest BCUT2D eigenvalue weighted by Crippen LogP contribution is 2.19. The van der Waals surface area contributed by atoms with Gasteiger partial charge in [-0.2, -0.15) is 0 Å². The lowest BCUT2D eigenvalue weighted by molar-refractivity contribution is 0.513. The van der Waals surface area contributed by atoms with Gasteiger partial charge in [-0.05, 0) is 48.1 Å². The van der Waals surface area contributed by atoms with E-state index in [4.69, 9.17) is 5.73 Å². The average molecular weight is 256 g/mol. The predicted octanol–water partition coefficient (Wildman–Crippen LogP) is 3.81. The van der Waals surface area contributed by atoms with Crippen molar-refractivity contribution >= 4 is 0 Å². The fourth-order valence-electron chi connectivity index (χ4n) is 2.25. The molecule has 1 unspecified atom stereocenters. The van der Waals surface area contributed by atoms with E-state index in [1.807, 2.05) is 0 Å². The first-order valence-electron chi connectivity index (χ1n) is 6.94. The Bertz CT molecular complexity index is 552. The molecule has 2 heteroatoms.